The number of para-hydroxylation sites is 1. The number of benzene rings is 3. The number of ketones is 1. The maximum atomic E-state index is 13.3. The van der Waals surface area contributed by atoms with Gasteiger partial charge in [0, 0.05) is 10.9 Å². The molecule has 0 bridgehead atoms. The van der Waals surface area contributed by atoms with Crippen LogP contribution in [0.3, 0.4) is 0 Å². The van der Waals surface area contributed by atoms with Gasteiger partial charge in [0.05, 0.1) is 35.1 Å². The molecule has 5 rings (SSSR count). The predicted octanol–water partition coefficient (Wildman–Crippen LogP) is 4.95. The fraction of sp³-hybridized carbons (Fsp3) is 0.111. The summed E-state index contributed by atoms with van der Waals surface area (Å²) in [6, 6.07) is 20.2. The van der Waals surface area contributed by atoms with Crippen LogP contribution in [0.1, 0.15) is 27.2 Å². The molecule has 5 aromatic rings. The smallest absolute Gasteiger partial charge is 0.229 e. The van der Waals surface area contributed by atoms with Crippen LogP contribution in [-0.2, 0) is 10.0 Å². The van der Waals surface area contributed by atoms with Crippen molar-refractivity contribution in [3.8, 4) is 17.2 Å². The number of H-pyrrole nitrogens is 1. The van der Waals surface area contributed by atoms with Crippen molar-refractivity contribution >= 4 is 38.2 Å². The molecule has 0 radical (unpaired) electrons. The van der Waals surface area contributed by atoms with Crippen LogP contribution in [0.2, 0.25) is 0 Å². The number of carbonyl (C=O) groups is 1. The molecule has 188 valence electrons. The van der Waals surface area contributed by atoms with Gasteiger partial charge in [-0.1, -0.05) is 18.2 Å². The molecule has 0 fully saturated rings. The van der Waals surface area contributed by atoms with Crippen molar-refractivity contribution in [2.24, 2.45) is 0 Å². The highest BCUT2D eigenvalue weighted by atomic mass is 32.2. The molecule has 0 aliphatic rings. The summed E-state index contributed by atoms with van der Waals surface area (Å²) in [5.74, 6) is 1.29. The number of anilines is 2. The van der Waals surface area contributed by atoms with Crippen LogP contribution in [0, 0.1) is 13.8 Å². The standard InChI is InChI=1S/C27H25N5O4S/c1-16-11-18-13-24(30-23(18)14-22(16)31-37(3,34)35)26(33)21-15-29-32(27(21)28)25-10-9-20(12-17(25)2)36-19-7-5-4-6-8-19/h4-15,30-31H,28H2,1-3H3. The summed E-state index contributed by atoms with van der Waals surface area (Å²) in [4.78, 5) is 16.4. The highest BCUT2D eigenvalue weighted by Gasteiger charge is 2.21. The fourth-order valence-corrected chi connectivity index (χ4v) is 4.77. The van der Waals surface area contributed by atoms with Crippen molar-refractivity contribution in [1.82, 2.24) is 14.8 Å². The van der Waals surface area contributed by atoms with E-state index in [0.29, 0.717) is 22.6 Å². The summed E-state index contributed by atoms with van der Waals surface area (Å²) >= 11 is 0. The largest absolute Gasteiger partial charge is 0.457 e. The van der Waals surface area contributed by atoms with E-state index in [-0.39, 0.29) is 17.2 Å². The molecule has 0 saturated carbocycles. The molecule has 0 amide bonds. The number of aryl methyl sites for hydroxylation is 2. The van der Waals surface area contributed by atoms with E-state index in [1.807, 2.05) is 61.5 Å². The molecule has 2 heterocycles. The van der Waals surface area contributed by atoms with E-state index in [0.717, 1.165) is 34.2 Å². The van der Waals surface area contributed by atoms with E-state index in [2.05, 4.69) is 14.8 Å². The van der Waals surface area contributed by atoms with Crippen LogP contribution in [0.15, 0.2) is 72.9 Å². The number of nitrogens with two attached hydrogens (primary N) is 1. The quantitative estimate of drug-likeness (QED) is 0.263. The maximum Gasteiger partial charge on any atom is 0.229 e. The number of sulfonamides is 1. The third-order valence-electron chi connectivity index (χ3n) is 5.93. The van der Waals surface area contributed by atoms with E-state index in [1.165, 1.54) is 10.9 Å². The molecule has 2 aromatic heterocycles. The van der Waals surface area contributed by atoms with Gasteiger partial charge in [-0.3, -0.25) is 9.52 Å². The zero-order valence-corrected chi connectivity index (χ0v) is 21.3. The molecule has 0 aliphatic carbocycles. The van der Waals surface area contributed by atoms with Crippen molar-refractivity contribution in [2.45, 2.75) is 13.8 Å². The summed E-state index contributed by atoms with van der Waals surface area (Å²) in [7, 11) is -3.44. The van der Waals surface area contributed by atoms with Gasteiger partial charge in [-0.2, -0.15) is 5.10 Å². The van der Waals surface area contributed by atoms with Gasteiger partial charge in [-0.15, -0.1) is 0 Å². The minimum absolute atomic E-state index is 0.207. The molecule has 4 N–H and O–H groups in total. The van der Waals surface area contributed by atoms with Crippen LogP contribution >= 0.6 is 0 Å². The number of aromatic amines is 1. The summed E-state index contributed by atoms with van der Waals surface area (Å²) < 4.78 is 33.2. The zero-order valence-electron chi connectivity index (χ0n) is 20.4. The topological polar surface area (TPSA) is 132 Å². The normalized spacial score (nSPS) is 11.5. The zero-order chi connectivity index (χ0) is 26.3. The second-order valence-electron chi connectivity index (χ2n) is 8.86. The predicted molar refractivity (Wildman–Crippen MR) is 144 cm³/mol. The Kier molecular flexibility index (Phi) is 5.96. The molecule has 37 heavy (non-hydrogen) atoms. The molecule has 0 saturated heterocycles. The lowest BCUT2D eigenvalue weighted by molar-refractivity contribution is 0.103. The first kappa shape index (κ1) is 24.1. The van der Waals surface area contributed by atoms with E-state index in [4.69, 9.17) is 10.5 Å². The van der Waals surface area contributed by atoms with Gasteiger partial charge < -0.3 is 15.5 Å². The van der Waals surface area contributed by atoms with E-state index < -0.39 is 10.0 Å². The van der Waals surface area contributed by atoms with Crippen molar-refractivity contribution in [3.63, 3.8) is 0 Å². The monoisotopic (exact) mass is 515 g/mol. The Morgan fingerprint density at radius 1 is 1.00 bits per heavy atom. The van der Waals surface area contributed by atoms with Crippen LogP contribution < -0.4 is 15.2 Å². The molecule has 0 spiro atoms. The number of nitrogen functional groups attached to an aromatic ring is 1. The molecule has 9 nitrogen and oxygen atoms in total. The summed E-state index contributed by atoms with van der Waals surface area (Å²) in [5.41, 5.74) is 10.3. The van der Waals surface area contributed by atoms with Crippen LogP contribution in [0.4, 0.5) is 11.5 Å². The summed E-state index contributed by atoms with van der Waals surface area (Å²) in [6.07, 6.45) is 2.53. The number of carbonyl (C=O) groups excluding carboxylic acids is 1. The van der Waals surface area contributed by atoms with Gasteiger partial charge in [-0.05, 0) is 73.5 Å². The molecule has 0 aliphatic heterocycles. The first-order valence-corrected chi connectivity index (χ1v) is 13.3. The number of nitrogens with one attached hydrogen (secondary N) is 2. The average molecular weight is 516 g/mol. The molecule has 3 aromatic carbocycles. The van der Waals surface area contributed by atoms with Gasteiger partial charge in [0.1, 0.15) is 17.3 Å². The molecule has 10 heteroatoms. The van der Waals surface area contributed by atoms with Gasteiger partial charge in [0.15, 0.2) is 0 Å². The van der Waals surface area contributed by atoms with Crippen LogP contribution in [0.5, 0.6) is 11.5 Å². The first-order chi connectivity index (χ1) is 17.6. The Balaban J connectivity index is 1.43. The number of hydrogen-bond acceptors (Lipinski definition) is 6. The number of aromatic nitrogens is 3. The number of rotatable bonds is 7. The number of fused-ring (bicyclic) bond motifs is 1. The Morgan fingerprint density at radius 2 is 1.76 bits per heavy atom. The number of nitrogens with zero attached hydrogens (tertiary/aromatic N) is 2. The average Bonchev–Trinajstić information content (AvgIpc) is 3.42. The van der Waals surface area contributed by atoms with Gasteiger partial charge in [0.2, 0.25) is 15.8 Å². The minimum Gasteiger partial charge on any atom is -0.457 e. The third kappa shape index (κ3) is 4.91. The number of hydrogen-bond donors (Lipinski definition) is 3. The SMILES string of the molecule is Cc1cc2cc(C(=O)c3cnn(-c4ccc(Oc5ccccc5)cc4C)c3N)[nH]c2cc1NS(C)(=O)=O. The summed E-state index contributed by atoms with van der Waals surface area (Å²) in [6.45, 7) is 3.71. The first-order valence-electron chi connectivity index (χ1n) is 11.4. The van der Waals surface area contributed by atoms with Gasteiger partial charge >= 0.3 is 0 Å². The van der Waals surface area contributed by atoms with Gasteiger partial charge in [0.25, 0.3) is 0 Å². The van der Waals surface area contributed by atoms with E-state index >= 15 is 0 Å². The number of ether oxygens (including phenoxy) is 1. The Bertz CT molecular complexity index is 1750. The van der Waals surface area contributed by atoms with Crippen molar-refractivity contribution in [3.05, 3.63) is 95.3 Å². The molecular weight excluding hydrogens is 490 g/mol. The molecular formula is C27H25N5O4S. The van der Waals surface area contributed by atoms with Gasteiger partial charge in [-0.25, -0.2) is 13.1 Å². The van der Waals surface area contributed by atoms with Crippen LogP contribution in [-0.4, -0.2) is 35.2 Å². The Labute approximate surface area is 213 Å². The lowest BCUT2D eigenvalue weighted by atomic mass is 10.1. The van der Waals surface area contributed by atoms with E-state index in [9.17, 15) is 13.2 Å². The third-order valence-corrected chi connectivity index (χ3v) is 6.52. The lowest BCUT2D eigenvalue weighted by Crippen LogP contribution is -2.10. The van der Waals surface area contributed by atoms with Crippen molar-refractivity contribution in [1.29, 1.82) is 0 Å². The highest BCUT2D eigenvalue weighted by molar-refractivity contribution is 7.92. The van der Waals surface area contributed by atoms with Crippen molar-refractivity contribution in [2.75, 3.05) is 16.7 Å². The molecule has 0 unspecified atom stereocenters. The second kappa shape index (κ2) is 9.14. The Morgan fingerprint density at radius 3 is 2.46 bits per heavy atom. The maximum absolute atomic E-state index is 13.3. The molecule has 0 atom stereocenters. The summed E-state index contributed by atoms with van der Waals surface area (Å²) in [5, 5.41) is 5.14. The highest BCUT2D eigenvalue weighted by Crippen LogP contribution is 2.29. The lowest BCUT2D eigenvalue weighted by Gasteiger charge is -2.11. The second-order valence-corrected chi connectivity index (χ2v) is 10.6. The fourth-order valence-electron chi connectivity index (χ4n) is 4.15. The Hall–Kier alpha value is -4.57. The minimum atomic E-state index is -3.44. The van der Waals surface area contributed by atoms with E-state index in [1.54, 1.807) is 19.1 Å². The van der Waals surface area contributed by atoms with Crippen LogP contribution in [0.25, 0.3) is 16.6 Å². The van der Waals surface area contributed by atoms with Crippen molar-refractivity contribution < 1.29 is 17.9 Å².